The van der Waals surface area contributed by atoms with Crippen molar-refractivity contribution in [1.82, 2.24) is 0 Å². The van der Waals surface area contributed by atoms with Gasteiger partial charge < -0.3 is 4.74 Å². The fourth-order valence-corrected chi connectivity index (χ4v) is 3.00. The lowest BCUT2D eigenvalue weighted by Crippen LogP contribution is -2.09. The summed E-state index contributed by atoms with van der Waals surface area (Å²) in [4.78, 5) is 26.2. The summed E-state index contributed by atoms with van der Waals surface area (Å²) >= 11 is 0. The highest BCUT2D eigenvalue weighted by Gasteiger charge is 2.26. The maximum absolute atomic E-state index is 12.5. The molecule has 0 fully saturated rings. The third-order valence-electron chi connectivity index (χ3n) is 4.08. The summed E-state index contributed by atoms with van der Waals surface area (Å²) in [7, 11) is 0. The third-order valence-corrected chi connectivity index (χ3v) is 4.08. The van der Waals surface area contributed by atoms with Crippen LogP contribution in [0.3, 0.4) is 0 Å². The van der Waals surface area contributed by atoms with Crippen molar-refractivity contribution in [2.75, 3.05) is 13.2 Å². The summed E-state index contributed by atoms with van der Waals surface area (Å²) in [6.07, 6.45) is 2.21. The quantitative estimate of drug-likeness (QED) is 0.229. The van der Waals surface area contributed by atoms with E-state index >= 15 is 0 Å². The summed E-state index contributed by atoms with van der Waals surface area (Å²) in [5, 5.41) is 0. The first-order valence-electron chi connectivity index (χ1n) is 7.74. The van der Waals surface area contributed by atoms with Crippen molar-refractivity contribution in [3.05, 3.63) is 65.2 Å². The molecule has 2 aromatic carbocycles. The van der Waals surface area contributed by atoms with Gasteiger partial charge in [0.15, 0.2) is 5.78 Å². The van der Waals surface area contributed by atoms with Gasteiger partial charge in [-0.15, -0.1) is 0 Å². The number of rotatable bonds is 6. The first-order chi connectivity index (χ1) is 11.6. The molecule has 4 heteroatoms. The Morgan fingerprint density at radius 1 is 1.25 bits per heavy atom. The molecular weight excluding hydrogens is 302 g/mol. The van der Waals surface area contributed by atoms with E-state index in [1.165, 1.54) is 11.6 Å². The van der Waals surface area contributed by atoms with Crippen LogP contribution in [0.15, 0.2) is 53.5 Å². The Hall–Kier alpha value is -2.97. The van der Waals surface area contributed by atoms with E-state index in [1.807, 2.05) is 18.2 Å². The highest BCUT2D eigenvalue weighted by Crippen LogP contribution is 2.43. The monoisotopic (exact) mass is 319 g/mol. The first kappa shape index (κ1) is 15.9. The number of nitrogens with zero attached hydrogens (tertiary/aromatic N) is 1. The molecule has 0 aromatic heterocycles. The number of Topliss-reactive ketones (excluding diaryl/α,β-unsaturated/α-hetero) is 1. The van der Waals surface area contributed by atoms with E-state index in [0.717, 1.165) is 23.1 Å². The fourth-order valence-electron chi connectivity index (χ4n) is 3.00. The predicted molar refractivity (Wildman–Crippen MR) is 92.3 cm³/mol. The summed E-state index contributed by atoms with van der Waals surface area (Å²) in [6.45, 7) is 5.86. The Balaban J connectivity index is 2.06. The second-order valence-corrected chi connectivity index (χ2v) is 5.73. The summed E-state index contributed by atoms with van der Waals surface area (Å²) in [5.74, 6) is 0.431. The number of allylic oxidation sites excluding steroid dienone is 1. The van der Waals surface area contributed by atoms with Crippen LogP contribution in [0.4, 0.5) is 0 Å². The number of hydrogen-bond acceptors (Lipinski definition) is 4. The van der Waals surface area contributed by atoms with Crippen LogP contribution in [0.1, 0.15) is 28.4 Å². The second-order valence-electron chi connectivity index (χ2n) is 5.73. The Bertz CT molecular complexity index is 876. The molecule has 4 nitrogen and oxygen atoms in total. The highest BCUT2D eigenvalue weighted by molar-refractivity contribution is 6.10. The van der Waals surface area contributed by atoms with Gasteiger partial charge in [-0.05, 0) is 35.3 Å². The van der Waals surface area contributed by atoms with Gasteiger partial charge >= 0.3 is 0 Å². The van der Waals surface area contributed by atoms with E-state index in [1.54, 1.807) is 13.0 Å². The van der Waals surface area contributed by atoms with Crippen molar-refractivity contribution in [2.45, 2.75) is 13.3 Å². The highest BCUT2D eigenvalue weighted by atomic mass is 16.5. The predicted octanol–water partition coefficient (Wildman–Crippen LogP) is 3.73. The van der Waals surface area contributed by atoms with Crippen LogP contribution in [-0.4, -0.2) is 25.0 Å². The van der Waals surface area contributed by atoms with Gasteiger partial charge in [0.05, 0.1) is 12.1 Å². The van der Waals surface area contributed by atoms with Crippen molar-refractivity contribution in [1.29, 1.82) is 0 Å². The lowest BCUT2D eigenvalue weighted by atomic mass is 9.97. The number of aliphatic imine (C=N–C) groups is 1. The molecule has 0 saturated carbocycles. The van der Waals surface area contributed by atoms with Gasteiger partial charge in [-0.1, -0.05) is 36.9 Å². The van der Waals surface area contributed by atoms with E-state index in [0.29, 0.717) is 16.9 Å². The normalized spacial score (nSPS) is 11.2. The van der Waals surface area contributed by atoms with Gasteiger partial charge in [-0.3, -0.25) is 4.79 Å². The number of hydrogen-bond donors (Lipinski definition) is 0. The standard InChI is InChI=1S/C20H17NO3/c1-13(2)19(23)17-8-7-16-15-6-4-3-5-14(15)11-18(16)20(17)24-10-9-21-12-22/h3-8H,1,9-11H2,2H3. The van der Waals surface area contributed by atoms with Gasteiger partial charge in [-0.25, -0.2) is 9.79 Å². The maximum atomic E-state index is 12.5. The molecule has 0 bridgehead atoms. The number of fused-ring (bicyclic) bond motifs is 3. The zero-order chi connectivity index (χ0) is 17.1. The first-order valence-corrected chi connectivity index (χ1v) is 7.74. The summed E-state index contributed by atoms with van der Waals surface area (Å²) in [5.41, 5.74) is 5.42. The van der Waals surface area contributed by atoms with E-state index < -0.39 is 0 Å². The van der Waals surface area contributed by atoms with Gasteiger partial charge in [0.25, 0.3) is 0 Å². The molecule has 0 atom stereocenters. The molecule has 1 aliphatic rings. The van der Waals surface area contributed by atoms with E-state index in [4.69, 9.17) is 4.74 Å². The van der Waals surface area contributed by atoms with Gasteiger partial charge in [-0.2, -0.15) is 0 Å². The number of ketones is 1. The second kappa shape index (κ2) is 6.65. The molecule has 1 aliphatic carbocycles. The topological polar surface area (TPSA) is 55.7 Å². The largest absolute Gasteiger partial charge is 0.491 e. The van der Waals surface area contributed by atoms with E-state index in [2.05, 4.69) is 23.7 Å². The van der Waals surface area contributed by atoms with Crippen LogP contribution >= 0.6 is 0 Å². The van der Waals surface area contributed by atoms with Gasteiger partial charge in [0.1, 0.15) is 12.4 Å². The van der Waals surface area contributed by atoms with Gasteiger partial charge in [0.2, 0.25) is 6.08 Å². The smallest absolute Gasteiger partial charge is 0.235 e. The van der Waals surface area contributed by atoms with Crippen molar-refractivity contribution >= 4 is 11.9 Å². The Kier molecular flexibility index (Phi) is 4.41. The molecule has 3 rings (SSSR count). The van der Waals surface area contributed by atoms with E-state index in [-0.39, 0.29) is 18.9 Å². The Morgan fingerprint density at radius 2 is 2.04 bits per heavy atom. The van der Waals surface area contributed by atoms with Crippen LogP contribution in [0.5, 0.6) is 5.75 Å². The molecule has 2 aromatic rings. The van der Waals surface area contributed by atoms with Crippen molar-refractivity contribution in [3.63, 3.8) is 0 Å². The molecule has 24 heavy (non-hydrogen) atoms. The number of ether oxygens (including phenoxy) is 1. The average Bonchev–Trinajstić information content (AvgIpc) is 2.97. The average molecular weight is 319 g/mol. The van der Waals surface area contributed by atoms with Crippen molar-refractivity contribution in [2.24, 2.45) is 4.99 Å². The Labute approximate surface area is 140 Å². The lowest BCUT2D eigenvalue weighted by Gasteiger charge is -2.15. The molecule has 120 valence electrons. The van der Waals surface area contributed by atoms with Crippen LogP contribution in [0, 0.1) is 0 Å². The van der Waals surface area contributed by atoms with Gasteiger partial charge in [0, 0.05) is 12.0 Å². The lowest BCUT2D eigenvalue weighted by molar-refractivity contribution is 0.103. The fraction of sp³-hybridized carbons (Fsp3) is 0.200. The molecule has 0 saturated heterocycles. The molecule has 0 amide bonds. The zero-order valence-corrected chi connectivity index (χ0v) is 13.5. The van der Waals surface area contributed by atoms with E-state index in [9.17, 15) is 9.59 Å². The van der Waals surface area contributed by atoms with Crippen molar-refractivity contribution in [3.8, 4) is 16.9 Å². The number of benzene rings is 2. The maximum Gasteiger partial charge on any atom is 0.235 e. The minimum absolute atomic E-state index is 0.136. The summed E-state index contributed by atoms with van der Waals surface area (Å²) in [6, 6.07) is 11.9. The molecule has 0 unspecified atom stereocenters. The van der Waals surface area contributed by atoms with Crippen LogP contribution in [0.25, 0.3) is 11.1 Å². The van der Waals surface area contributed by atoms with Crippen molar-refractivity contribution < 1.29 is 14.3 Å². The molecule has 0 heterocycles. The number of isocyanates is 1. The molecule has 0 radical (unpaired) electrons. The zero-order valence-electron chi connectivity index (χ0n) is 13.5. The number of carbonyl (C=O) groups excluding carboxylic acids is 2. The molecule has 0 N–H and O–H groups in total. The molecule has 0 spiro atoms. The summed E-state index contributed by atoms with van der Waals surface area (Å²) < 4.78 is 5.85. The van der Waals surface area contributed by atoms with Crippen LogP contribution in [-0.2, 0) is 11.2 Å². The van der Waals surface area contributed by atoms with Crippen LogP contribution < -0.4 is 4.74 Å². The molecular formula is C20H17NO3. The minimum atomic E-state index is -0.136. The third kappa shape index (κ3) is 2.80. The minimum Gasteiger partial charge on any atom is -0.491 e. The SMILES string of the molecule is C=C(C)C(=O)c1ccc2c(c1OCCN=C=O)Cc1ccccc1-2. The molecule has 0 aliphatic heterocycles. The van der Waals surface area contributed by atoms with Crippen LogP contribution in [0.2, 0.25) is 0 Å². The number of carbonyl (C=O) groups is 1. The Morgan fingerprint density at radius 3 is 2.79 bits per heavy atom.